The Morgan fingerprint density at radius 2 is 1.56 bits per heavy atom. The SMILES string of the molecule is COc1ccc(CCNC(=O)c2ccccc2NC(=O)[C@H](C)Oc2ccc(C)cc2)cc1. The fourth-order valence-electron chi connectivity index (χ4n) is 3.11. The Balaban J connectivity index is 1.57. The summed E-state index contributed by atoms with van der Waals surface area (Å²) in [6.07, 6.45) is -0.0324. The minimum atomic E-state index is -0.719. The average molecular weight is 433 g/mol. The summed E-state index contributed by atoms with van der Waals surface area (Å²) in [6.45, 7) is 4.13. The van der Waals surface area contributed by atoms with Crippen molar-refractivity contribution in [2.45, 2.75) is 26.4 Å². The Morgan fingerprint density at radius 3 is 2.25 bits per heavy atom. The second-order valence-electron chi connectivity index (χ2n) is 7.46. The van der Waals surface area contributed by atoms with E-state index in [1.807, 2.05) is 55.5 Å². The van der Waals surface area contributed by atoms with E-state index in [2.05, 4.69) is 10.6 Å². The van der Waals surface area contributed by atoms with E-state index in [4.69, 9.17) is 9.47 Å². The number of carbonyl (C=O) groups is 2. The van der Waals surface area contributed by atoms with E-state index in [9.17, 15) is 9.59 Å². The third-order valence-corrected chi connectivity index (χ3v) is 4.99. The summed E-state index contributed by atoms with van der Waals surface area (Å²) in [6, 6.07) is 22.1. The summed E-state index contributed by atoms with van der Waals surface area (Å²) in [5.74, 6) is 0.830. The molecule has 3 aromatic rings. The lowest BCUT2D eigenvalue weighted by Gasteiger charge is -2.16. The monoisotopic (exact) mass is 432 g/mol. The molecule has 0 unspecified atom stereocenters. The van der Waals surface area contributed by atoms with Gasteiger partial charge in [-0.25, -0.2) is 0 Å². The first-order valence-corrected chi connectivity index (χ1v) is 10.5. The van der Waals surface area contributed by atoms with Crippen LogP contribution in [0.5, 0.6) is 11.5 Å². The third kappa shape index (κ3) is 6.35. The van der Waals surface area contributed by atoms with Gasteiger partial charge in [-0.1, -0.05) is 42.0 Å². The molecular weight excluding hydrogens is 404 g/mol. The molecule has 0 spiro atoms. The largest absolute Gasteiger partial charge is 0.497 e. The van der Waals surface area contributed by atoms with Crippen molar-refractivity contribution in [2.24, 2.45) is 0 Å². The molecule has 6 heteroatoms. The van der Waals surface area contributed by atoms with Crippen LogP contribution in [0.25, 0.3) is 0 Å². The normalized spacial score (nSPS) is 11.3. The van der Waals surface area contributed by atoms with Crippen LogP contribution in [0.4, 0.5) is 5.69 Å². The molecule has 0 radical (unpaired) electrons. The van der Waals surface area contributed by atoms with Crippen LogP contribution >= 0.6 is 0 Å². The molecule has 0 bridgehead atoms. The Hall–Kier alpha value is -3.80. The molecule has 0 aliphatic rings. The van der Waals surface area contributed by atoms with Crippen LogP contribution in [0, 0.1) is 6.92 Å². The van der Waals surface area contributed by atoms with Crippen LogP contribution in [-0.2, 0) is 11.2 Å². The van der Waals surface area contributed by atoms with E-state index in [-0.39, 0.29) is 11.8 Å². The number of benzene rings is 3. The summed E-state index contributed by atoms with van der Waals surface area (Å²) >= 11 is 0. The Bertz CT molecular complexity index is 1050. The minimum Gasteiger partial charge on any atom is -0.497 e. The highest BCUT2D eigenvalue weighted by molar-refractivity contribution is 6.04. The molecule has 0 heterocycles. The lowest BCUT2D eigenvalue weighted by molar-refractivity contribution is -0.122. The summed E-state index contributed by atoms with van der Waals surface area (Å²) < 4.78 is 10.9. The quantitative estimate of drug-likeness (QED) is 0.526. The first-order chi connectivity index (χ1) is 15.5. The number of hydrogen-bond donors (Lipinski definition) is 2. The van der Waals surface area contributed by atoms with Crippen molar-refractivity contribution in [3.63, 3.8) is 0 Å². The van der Waals surface area contributed by atoms with Crippen LogP contribution in [-0.4, -0.2) is 31.6 Å². The van der Waals surface area contributed by atoms with Gasteiger partial charge in [0.1, 0.15) is 11.5 Å². The van der Waals surface area contributed by atoms with Gasteiger partial charge in [0.25, 0.3) is 11.8 Å². The van der Waals surface area contributed by atoms with Gasteiger partial charge < -0.3 is 20.1 Å². The molecule has 2 N–H and O–H groups in total. The number of aryl methyl sites for hydroxylation is 1. The van der Waals surface area contributed by atoms with Crippen LogP contribution in [0.15, 0.2) is 72.8 Å². The van der Waals surface area contributed by atoms with Crippen LogP contribution < -0.4 is 20.1 Å². The molecule has 0 saturated heterocycles. The number of nitrogens with one attached hydrogen (secondary N) is 2. The Kier molecular flexibility index (Phi) is 7.86. The molecular formula is C26H28N2O4. The molecule has 6 nitrogen and oxygen atoms in total. The van der Waals surface area contributed by atoms with Gasteiger partial charge >= 0.3 is 0 Å². The van der Waals surface area contributed by atoms with E-state index >= 15 is 0 Å². The predicted molar refractivity (Wildman–Crippen MR) is 125 cm³/mol. The molecule has 0 aliphatic carbocycles. The minimum absolute atomic E-state index is 0.249. The van der Waals surface area contributed by atoms with E-state index < -0.39 is 6.10 Å². The van der Waals surface area contributed by atoms with Crippen molar-refractivity contribution in [2.75, 3.05) is 19.0 Å². The fraction of sp³-hybridized carbons (Fsp3) is 0.231. The third-order valence-electron chi connectivity index (χ3n) is 4.99. The number of para-hydroxylation sites is 1. The molecule has 3 rings (SSSR count). The van der Waals surface area contributed by atoms with Crippen molar-refractivity contribution in [1.82, 2.24) is 5.32 Å². The maximum Gasteiger partial charge on any atom is 0.265 e. The first-order valence-electron chi connectivity index (χ1n) is 10.5. The summed E-state index contributed by atoms with van der Waals surface area (Å²) in [7, 11) is 1.63. The summed E-state index contributed by atoms with van der Waals surface area (Å²) in [4.78, 5) is 25.3. The summed E-state index contributed by atoms with van der Waals surface area (Å²) in [5.41, 5.74) is 3.05. The van der Waals surface area contributed by atoms with E-state index in [1.165, 1.54) is 0 Å². The summed E-state index contributed by atoms with van der Waals surface area (Å²) in [5, 5.41) is 5.72. The van der Waals surface area contributed by atoms with Crippen molar-refractivity contribution in [3.05, 3.63) is 89.5 Å². The zero-order chi connectivity index (χ0) is 22.9. The smallest absolute Gasteiger partial charge is 0.265 e. The lowest BCUT2D eigenvalue weighted by atomic mass is 10.1. The van der Waals surface area contributed by atoms with Gasteiger partial charge in [0, 0.05) is 6.54 Å². The van der Waals surface area contributed by atoms with Crippen molar-refractivity contribution in [3.8, 4) is 11.5 Å². The fourth-order valence-corrected chi connectivity index (χ4v) is 3.11. The Morgan fingerprint density at radius 1 is 0.906 bits per heavy atom. The topological polar surface area (TPSA) is 76.7 Å². The predicted octanol–water partition coefficient (Wildman–Crippen LogP) is 4.38. The Labute approximate surface area is 188 Å². The second kappa shape index (κ2) is 11.0. The van der Waals surface area contributed by atoms with Crippen LogP contribution in [0.2, 0.25) is 0 Å². The maximum atomic E-state index is 12.7. The first kappa shape index (κ1) is 22.9. The molecule has 32 heavy (non-hydrogen) atoms. The number of amides is 2. The van der Waals surface area contributed by atoms with Crippen molar-refractivity contribution < 1.29 is 19.1 Å². The molecule has 166 valence electrons. The van der Waals surface area contributed by atoms with Gasteiger partial charge in [-0.05, 0) is 62.2 Å². The zero-order valence-corrected chi connectivity index (χ0v) is 18.6. The maximum absolute atomic E-state index is 12.7. The van der Waals surface area contributed by atoms with Crippen LogP contribution in [0.1, 0.15) is 28.4 Å². The molecule has 0 aromatic heterocycles. The van der Waals surface area contributed by atoms with E-state index in [0.717, 1.165) is 16.9 Å². The van der Waals surface area contributed by atoms with E-state index in [0.29, 0.717) is 30.0 Å². The van der Waals surface area contributed by atoms with Crippen molar-refractivity contribution in [1.29, 1.82) is 0 Å². The standard InChI is InChI=1S/C26H28N2O4/c1-18-8-12-22(13-9-18)32-19(2)25(29)28-24-7-5-4-6-23(24)26(30)27-17-16-20-10-14-21(31-3)15-11-20/h4-15,19H,16-17H2,1-3H3,(H,27,30)(H,28,29)/t19-/m0/s1. The van der Waals surface area contributed by atoms with Gasteiger partial charge in [-0.15, -0.1) is 0 Å². The number of ether oxygens (including phenoxy) is 2. The number of anilines is 1. The molecule has 1 atom stereocenters. The van der Waals surface area contributed by atoms with Gasteiger partial charge in [0.05, 0.1) is 18.4 Å². The highest BCUT2D eigenvalue weighted by Gasteiger charge is 2.18. The molecule has 0 fully saturated rings. The number of hydrogen-bond acceptors (Lipinski definition) is 4. The van der Waals surface area contributed by atoms with Gasteiger partial charge in [0.2, 0.25) is 0 Å². The zero-order valence-electron chi connectivity index (χ0n) is 18.6. The van der Waals surface area contributed by atoms with Gasteiger partial charge in [-0.3, -0.25) is 9.59 Å². The van der Waals surface area contributed by atoms with Crippen LogP contribution in [0.3, 0.4) is 0 Å². The highest BCUT2D eigenvalue weighted by Crippen LogP contribution is 2.18. The molecule has 0 aliphatic heterocycles. The van der Waals surface area contributed by atoms with E-state index in [1.54, 1.807) is 38.3 Å². The van der Waals surface area contributed by atoms with Crippen molar-refractivity contribution >= 4 is 17.5 Å². The molecule has 3 aromatic carbocycles. The molecule has 2 amide bonds. The lowest BCUT2D eigenvalue weighted by Crippen LogP contribution is -2.32. The second-order valence-corrected chi connectivity index (χ2v) is 7.46. The number of rotatable bonds is 9. The average Bonchev–Trinajstić information content (AvgIpc) is 2.81. The highest BCUT2D eigenvalue weighted by atomic mass is 16.5. The van der Waals surface area contributed by atoms with Gasteiger partial charge in [-0.2, -0.15) is 0 Å². The van der Waals surface area contributed by atoms with Gasteiger partial charge in [0.15, 0.2) is 6.10 Å². The number of methoxy groups -OCH3 is 1. The number of carbonyl (C=O) groups excluding carboxylic acids is 2. The molecule has 0 saturated carbocycles.